The zero-order valence-electron chi connectivity index (χ0n) is 11.0. The van der Waals surface area contributed by atoms with E-state index in [0.29, 0.717) is 29.7 Å². The molecule has 0 amide bonds. The van der Waals surface area contributed by atoms with Crippen LogP contribution in [0, 0.1) is 12.7 Å². The van der Waals surface area contributed by atoms with Crippen LogP contribution < -0.4 is 10.6 Å². The summed E-state index contributed by atoms with van der Waals surface area (Å²) < 4.78 is 13.1. The average Bonchev–Trinajstić information content (AvgIpc) is 2.40. The molecule has 0 unspecified atom stereocenters. The lowest BCUT2D eigenvalue weighted by Gasteiger charge is -2.09. The molecule has 0 saturated carbocycles. The number of rotatable bonds is 5. The van der Waals surface area contributed by atoms with E-state index in [-0.39, 0.29) is 5.02 Å². The summed E-state index contributed by atoms with van der Waals surface area (Å²) in [5.74, 6) is 1.46. The van der Waals surface area contributed by atoms with E-state index in [2.05, 4.69) is 27.2 Å². The molecule has 1 aromatic carbocycles. The van der Waals surface area contributed by atoms with Gasteiger partial charge in [-0.3, -0.25) is 0 Å². The summed E-state index contributed by atoms with van der Waals surface area (Å²) in [6, 6.07) is 6.16. The molecular formula is C14H14ClFN4. The summed E-state index contributed by atoms with van der Waals surface area (Å²) in [6.07, 6.45) is 1.74. The molecule has 0 bridgehead atoms. The first-order valence-corrected chi connectivity index (χ1v) is 6.39. The number of aryl methyl sites for hydroxylation is 1. The Kier molecular flexibility index (Phi) is 4.53. The fourth-order valence-electron chi connectivity index (χ4n) is 1.62. The number of aromatic nitrogens is 2. The van der Waals surface area contributed by atoms with Gasteiger partial charge in [-0.05, 0) is 25.1 Å². The molecule has 0 radical (unpaired) electrons. The van der Waals surface area contributed by atoms with Crippen LogP contribution in [-0.4, -0.2) is 16.5 Å². The van der Waals surface area contributed by atoms with Crippen LogP contribution >= 0.6 is 11.6 Å². The van der Waals surface area contributed by atoms with Crippen molar-refractivity contribution >= 4 is 28.9 Å². The third-order valence-electron chi connectivity index (χ3n) is 2.46. The molecule has 0 atom stereocenters. The van der Waals surface area contributed by atoms with Gasteiger partial charge >= 0.3 is 0 Å². The zero-order valence-corrected chi connectivity index (χ0v) is 11.7. The van der Waals surface area contributed by atoms with Crippen molar-refractivity contribution in [3.63, 3.8) is 0 Å². The van der Waals surface area contributed by atoms with Crippen LogP contribution in [0.5, 0.6) is 0 Å². The molecule has 104 valence electrons. The van der Waals surface area contributed by atoms with Crippen LogP contribution in [0.3, 0.4) is 0 Å². The highest BCUT2D eigenvalue weighted by molar-refractivity contribution is 6.31. The third-order valence-corrected chi connectivity index (χ3v) is 2.75. The van der Waals surface area contributed by atoms with Crippen molar-refractivity contribution in [2.45, 2.75) is 6.92 Å². The molecule has 0 saturated heterocycles. The smallest absolute Gasteiger partial charge is 0.141 e. The van der Waals surface area contributed by atoms with Crippen LogP contribution in [0.15, 0.2) is 36.9 Å². The third kappa shape index (κ3) is 3.68. The molecule has 2 aromatic rings. The van der Waals surface area contributed by atoms with Crippen molar-refractivity contribution in [2.24, 2.45) is 0 Å². The number of nitrogens with zero attached hydrogens (tertiary/aromatic N) is 2. The van der Waals surface area contributed by atoms with E-state index >= 15 is 0 Å². The molecule has 2 N–H and O–H groups in total. The normalized spacial score (nSPS) is 10.2. The molecule has 0 aliphatic rings. The predicted octanol–water partition coefficient (Wildman–Crippen LogP) is 3.92. The van der Waals surface area contributed by atoms with Crippen molar-refractivity contribution in [2.75, 3.05) is 17.2 Å². The van der Waals surface area contributed by atoms with Gasteiger partial charge in [-0.25, -0.2) is 14.4 Å². The molecule has 0 spiro atoms. The summed E-state index contributed by atoms with van der Waals surface area (Å²) in [5.41, 5.74) is 0.657. The number of anilines is 3. The van der Waals surface area contributed by atoms with Gasteiger partial charge in [-0.1, -0.05) is 17.7 Å². The van der Waals surface area contributed by atoms with Gasteiger partial charge in [0.2, 0.25) is 0 Å². The van der Waals surface area contributed by atoms with Gasteiger partial charge < -0.3 is 10.6 Å². The van der Waals surface area contributed by atoms with Crippen molar-refractivity contribution in [1.82, 2.24) is 9.97 Å². The number of halogens is 2. The summed E-state index contributed by atoms with van der Waals surface area (Å²) in [5, 5.41) is 6.21. The lowest BCUT2D eigenvalue weighted by Crippen LogP contribution is -2.04. The fraction of sp³-hybridized carbons (Fsp3) is 0.143. The van der Waals surface area contributed by atoms with E-state index in [0.717, 1.165) is 0 Å². The Morgan fingerprint density at radius 1 is 1.30 bits per heavy atom. The molecule has 0 aliphatic carbocycles. The second kappa shape index (κ2) is 6.34. The first-order valence-electron chi connectivity index (χ1n) is 6.01. The fourth-order valence-corrected chi connectivity index (χ4v) is 1.80. The summed E-state index contributed by atoms with van der Waals surface area (Å²) in [4.78, 5) is 8.51. The lowest BCUT2D eigenvalue weighted by molar-refractivity contribution is 0.628. The highest BCUT2D eigenvalue weighted by Crippen LogP contribution is 2.22. The van der Waals surface area contributed by atoms with Crippen LogP contribution in [-0.2, 0) is 0 Å². The Balaban J connectivity index is 2.21. The van der Waals surface area contributed by atoms with E-state index in [1.807, 2.05) is 0 Å². The van der Waals surface area contributed by atoms with Gasteiger partial charge in [0.15, 0.2) is 0 Å². The Morgan fingerprint density at radius 3 is 2.75 bits per heavy atom. The van der Waals surface area contributed by atoms with E-state index in [9.17, 15) is 4.39 Å². The molecule has 1 heterocycles. The monoisotopic (exact) mass is 292 g/mol. The molecule has 2 rings (SSSR count). The topological polar surface area (TPSA) is 49.8 Å². The molecule has 20 heavy (non-hydrogen) atoms. The lowest BCUT2D eigenvalue weighted by atomic mass is 10.3. The van der Waals surface area contributed by atoms with Gasteiger partial charge in [-0.2, -0.15) is 0 Å². The van der Waals surface area contributed by atoms with Gasteiger partial charge in [0.25, 0.3) is 0 Å². The molecule has 1 aromatic heterocycles. The van der Waals surface area contributed by atoms with E-state index in [1.165, 1.54) is 12.1 Å². The molecule has 0 fully saturated rings. The number of nitrogens with one attached hydrogen (secondary N) is 2. The van der Waals surface area contributed by atoms with E-state index in [1.54, 1.807) is 25.1 Å². The Bertz CT molecular complexity index is 631. The minimum Gasteiger partial charge on any atom is -0.366 e. The maximum Gasteiger partial charge on any atom is 0.141 e. The number of hydrogen-bond donors (Lipinski definition) is 2. The molecule has 4 nitrogen and oxygen atoms in total. The van der Waals surface area contributed by atoms with Gasteiger partial charge in [0.05, 0.1) is 5.02 Å². The largest absolute Gasteiger partial charge is 0.366 e. The second-order valence-electron chi connectivity index (χ2n) is 4.11. The van der Waals surface area contributed by atoms with Crippen LogP contribution in [0.25, 0.3) is 0 Å². The Morgan fingerprint density at radius 2 is 2.05 bits per heavy atom. The van der Waals surface area contributed by atoms with Gasteiger partial charge in [0.1, 0.15) is 23.3 Å². The zero-order chi connectivity index (χ0) is 14.5. The standard InChI is InChI=1S/C14H14ClFN4/c1-3-6-17-13-8-14(19-9(2)18-13)20-10-4-5-12(16)11(15)7-10/h3-5,7-8H,1,6H2,2H3,(H2,17,18,19,20). The first kappa shape index (κ1) is 14.3. The van der Waals surface area contributed by atoms with Crippen molar-refractivity contribution in [1.29, 1.82) is 0 Å². The van der Waals surface area contributed by atoms with Crippen molar-refractivity contribution in [3.05, 3.63) is 53.6 Å². The highest BCUT2D eigenvalue weighted by Gasteiger charge is 2.04. The average molecular weight is 293 g/mol. The molecule has 0 aliphatic heterocycles. The van der Waals surface area contributed by atoms with Gasteiger partial charge in [0, 0.05) is 18.3 Å². The minimum atomic E-state index is -0.454. The Hall–Kier alpha value is -2.14. The van der Waals surface area contributed by atoms with Crippen LogP contribution in [0.1, 0.15) is 5.82 Å². The second-order valence-corrected chi connectivity index (χ2v) is 4.52. The quantitative estimate of drug-likeness (QED) is 0.820. The summed E-state index contributed by atoms with van der Waals surface area (Å²) >= 11 is 5.74. The first-order chi connectivity index (χ1) is 9.58. The summed E-state index contributed by atoms with van der Waals surface area (Å²) in [7, 11) is 0. The minimum absolute atomic E-state index is 0.0609. The van der Waals surface area contributed by atoms with Gasteiger partial charge in [-0.15, -0.1) is 6.58 Å². The van der Waals surface area contributed by atoms with Crippen molar-refractivity contribution < 1.29 is 4.39 Å². The van der Waals surface area contributed by atoms with E-state index < -0.39 is 5.82 Å². The van der Waals surface area contributed by atoms with E-state index in [4.69, 9.17) is 11.6 Å². The molecular weight excluding hydrogens is 279 g/mol. The maximum absolute atomic E-state index is 13.1. The van der Waals surface area contributed by atoms with Crippen molar-refractivity contribution in [3.8, 4) is 0 Å². The SMILES string of the molecule is C=CCNc1cc(Nc2ccc(F)c(Cl)c2)nc(C)n1. The number of hydrogen-bond acceptors (Lipinski definition) is 4. The Labute approximate surface area is 121 Å². The van der Waals surface area contributed by atoms with Crippen LogP contribution in [0.2, 0.25) is 5.02 Å². The summed E-state index contributed by atoms with van der Waals surface area (Å²) in [6.45, 7) is 6.04. The maximum atomic E-state index is 13.1. The predicted molar refractivity (Wildman–Crippen MR) is 80.1 cm³/mol. The number of benzene rings is 1. The van der Waals surface area contributed by atoms with Crippen LogP contribution in [0.4, 0.5) is 21.7 Å². The highest BCUT2D eigenvalue weighted by atomic mass is 35.5. The molecule has 6 heteroatoms.